The Hall–Kier alpha value is -0.870. The molecule has 0 aliphatic carbocycles. The fourth-order valence-electron chi connectivity index (χ4n) is 1.29. The Morgan fingerprint density at radius 1 is 1.47 bits per heavy atom. The first-order valence-electron chi connectivity index (χ1n) is 4.41. The molecular formula is C10H12ClF2NO. The Bertz CT molecular complexity index is 333. The normalized spacial score (nSPS) is 12.9. The van der Waals surface area contributed by atoms with E-state index in [-0.39, 0.29) is 6.54 Å². The van der Waals surface area contributed by atoms with Crippen molar-refractivity contribution >= 4 is 11.6 Å². The molecule has 0 saturated carbocycles. The van der Waals surface area contributed by atoms with Gasteiger partial charge in [0.1, 0.15) is 5.75 Å². The molecule has 1 unspecified atom stereocenters. The van der Waals surface area contributed by atoms with Crippen molar-refractivity contribution in [2.75, 3.05) is 13.7 Å². The average molecular weight is 236 g/mol. The standard InChI is InChI=1S/C10H12ClF2NO/c1-15-9-4-6(2-3-8(9)11)7(5-14)10(12)13/h2-4,7,10H,5,14H2,1H3. The zero-order chi connectivity index (χ0) is 11.4. The van der Waals surface area contributed by atoms with Gasteiger partial charge in [-0.25, -0.2) is 8.78 Å². The van der Waals surface area contributed by atoms with Gasteiger partial charge in [0.2, 0.25) is 6.43 Å². The summed E-state index contributed by atoms with van der Waals surface area (Å²) in [5.74, 6) is -0.593. The summed E-state index contributed by atoms with van der Waals surface area (Å²) in [5.41, 5.74) is 5.72. The van der Waals surface area contributed by atoms with E-state index in [0.717, 1.165) is 0 Å². The Labute approximate surface area is 92.0 Å². The molecule has 0 aliphatic rings. The van der Waals surface area contributed by atoms with E-state index >= 15 is 0 Å². The maximum absolute atomic E-state index is 12.6. The molecule has 1 atom stereocenters. The molecule has 0 fully saturated rings. The molecule has 0 aromatic heterocycles. The quantitative estimate of drug-likeness (QED) is 0.871. The topological polar surface area (TPSA) is 35.2 Å². The number of ether oxygens (including phenoxy) is 1. The van der Waals surface area contributed by atoms with E-state index in [1.54, 1.807) is 0 Å². The SMILES string of the molecule is COc1cc(C(CN)C(F)F)ccc1Cl. The van der Waals surface area contributed by atoms with Crippen LogP contribution in [0.5, 0.6) is 5.75 Å². The number of halogens is 3. The largest absolute Gasteiger partial charge is 0.495 e. The molecule has 0 aliphatic heterocycles. The molecule has 0 radical (unpaired) electrons. The lowest BCUT2D eigenvalue weighted by Gasteiger charge is -2.15. The molecular weight excluding hydrogens is 224 g/mol. The first kappa shape index (κ1) is 12.2. The second-order valence-electron chi connectivity index (χ2n) is 3.07. The summed E-state index contributed by atoms with van der Waals surface area (Å²) >= 11 is 5.78. The molecule has 84 valence electrons. The van der Waals surface area contributed by atoms with E-state index in [1.807, 2.05) is 0 Å². The van der Waals surface area contributed by atoms with Crippen LogP contribution in [-0.4, -0.2) is 20.1 Å². The molecule has 0 spiro atoms. The van der Waals surface area contributed by atoms with E-state index in [4.69, 9.17) is 22.1 Å². The molecule has 0 heterocycles. The van der Waals surface area contributed by atoms with Gasteiger partial charge in [-0.1, -0.05) is 17.7 Å². The van der Waals surface area contributed by atoms with Gasteiger partial charge < -0.3 is 10.5 Å². The van der Waals surface area contributed by atoms with Crippen LogP contribution in [0.2, 0.25) is 5.02 Å². The molecule has 1 aromatic rings. The van der Waals surface area contributed by atoms with Crippen molar-refractivity contribution in [1.82, 2.24) is 0 Å². The predicted molar refractivity (Wildman–Crippen MR) is 55.8 cm³/mol. The van der Waals surface area contributed by atoms with Crippen LogP contribution in [0.4, 0.5) is 8.78 Å². The van der Waals surface area contributed by atoms with Crippen molar-refractivity contribution in [3.8, 4) is 5.75 Å². The summed E-state index contributed by atoms with van der Waals surface area (Å²) in [5, 5.41) is 0.395. The van der Waals surface area contributed by atoms with E-state index in [1.165, 1.54) is 25.3 Å². The lowest BCUT2D eigenvalue weighted by Crippen LogP contribution is -2.19. The number of rotatable bonds is 4. The molecule has 1 rings (SSSR count). The number of benzene rings is 1. The third-order valence-corrected chi connectivity index (χ3v) is 2.47. The maximum Gasteiger partial charge on any atom is 0.246 e. The summed E-state index contributed by atoms with van der Waals surface area (Å²) in [6.45, 7) is -0.109. The van der Waals surface area contributed by atoms with Crippen LogP contribution in [0, 0.1) is 0 Å². The van der Waals surface area contributed by atoms with Gasteiger partial charge in [0.15, 0.2) is 0 Å². The maximum atomic E-state index is 12.6. The third-order valence-electron chi connectivity index (χ3n) is 2.16. The lowest BCUT2D eigenvalue weighted by molar-refractivity contribution is 0.117. The lowest BCUT2D eigenvalue weighted by atomic mass is 10.00. The molecule has 15 heavy (non-hydrogen) atoms. The van der Waals surface area contributed by atoms with E-state index in [9.17, 15) is 8.78 Å². The van der Waals surface area contributed by atoms with Crippen LogP contribution in [-0.2, 0) is 0 Å². The van der Waals surface area contributed by atoms with Crippen molar-refractivity contribution in [2.24, 2.45) is 5.73 Å². The summed E-state index contributed by atoms with van der Waals surface area (Å²) in [6.07, 6.45) is -2.49. The Balaban J connectivity index is 3.03. The minimum Gasteiger partial charge on any atom is -0.495 e. The molecule has 1 aromatic carbocycles. The molecule has 5 heteroatoms. The monoisotopic (exact) mass is 235 g/mol. The Morgan fingerprint density at radius 2 is 2.13 bits per heavy atom. The summed E-state index contributed by atoms with van der Waals surface area (Å²) in [4.78, 5) is 0. The number of alkyl halides is 2. The number of hydrogen-bond donors (Lipinski definition) is 1. The van der Waals surface area contributed by atoms with Crippen LogP contribution < -0.4 is 10.5 Å². The highest BCUT2D eigenvalue weighted by Gasteiger charge is 2.21. The van der Waals surface area contributed by atoms with Crippen molar-refractivity contribution in [2.45, 2.75) is 12.3 Å². The smallest absolute Gasteiger partial charge is 0.246 e. The van der Waals surface area contributed by atoms with Crippen LogP contribution in [0.1, 0.15) is 11.5 Å². The molecule has 2 N–H and O–H groups in total. The Morgan fingerprint density at radius 3 is 2.60 bits per heavy atom. The van der Waals surface area contributed by atoms with E-state index in [0.29, 0.717) is 16.3 Å². The number of hydrogen-bond acceptors (Lipinski definition) is 2. The van der Waals surface area contributed by atoms with Gasteiger partial charge >= 0.3 is 0 Å². The second-order valence-corrected chi connectivity index (χ2v) is 3.48. The van der Waals surface area contributed by atoms with Gasteiger partial charge in [0.05, 0.1) is 18.1 Å². The van der Waals surface area contributed by atoms with Gasteiger partial charge in [-0.15, -0.1) is 0 Å². The zero-order valence-electron chi connectivity index (χ0n) is 8.21. The summed E-state index contributed by atoms with van der Waals surface area (Å²) < 4.78 is 30.1. The minimum absolute atomic E-state index is 0.109. The highest BCUT2D eigenvalue weighted by atomic mass is 35.5. The second kappa shape index (κ2) is 5.28. The fourth-order valence-corrected chi connectivity index (χ4v) is 1.49. The first-order chi connectivity index (χ1) is 7.10. The minimum atomic E-state index is -2.49. The van der Waals surface area contributed by atoms with Crippen molar-refractivity contribution < 1.29 is 13.5 Å². The van der Waals surface area contributed by atoms with Crippen LogP contribution in [0.15, 0.2) is 18.2 Å². The van der Waals surface area contributed by atoms with Gasteiger partial charge in [-0.3, -0.25) is 0 Å². The van der Waals surface area contributed by atoms with Gasteiger partial charge in [-0.2, -0.15) is 0 Å². The van der Waals surface area contributed by atoms with Gasteiger partial charge in [0, 0.05) is 6.54 Å². The zero-order valence-corrected chi connectivity index (χ0v) is 8.97. The molecule has 2 nitrogen and oxygen atoms in total. The average Bonchev–Trinajstić information content (AvgIpc) is 2.21. The third kappa shape index (κ3) is 2.79. The van der Waals surface area contributed by atoms with E-state index < -0.39 is 12.3 Å². The van der Waals surface area contributed by atoms with Crippen LogP contribution in [0.25, 0.3) is 0 Å². The van der Waals surface area contributed by atoms with E-state index in [2.05, 4.69) is 0 Å². The molecule has 0 saturated heterocycles. The molecule has 0 bridgehead atoms. The summed E-state index contributed by atoms with van der Waals surface area (Å²) in [6, 6.07) is 4.56. The van der Waals surface area contributed by atoms with Crippen LogP contribution in [0.3, 0.4) is 0 Å². The fraction of sp³-hybridized carbons (Fsp3) is 0.400. The van der Waals surface area contributed by atoms with Crippen molar-refractivity contribution in [3.63, 3.8) is 0 Å². The summed E-state index contributed by atoms with van der Waals surface area (Å²) in [7, 11) is 1.44. The van der Waals surface area contributed by atoms with Crippen molar-refractivity contribution in [1.29, 1.82) is 0 Å². The number of methoxy groups -OCH3 is 1. The van der Waals surface area contributed by atoms with Gasteiger partial charge in [0.25, 0.3) is 0 Å². The highest BCUT2D eigenvalue weighted by molar-refractivity contribution is 6.32. The molecule has 0 amide bonds. The number of nitrogens with two attached hydrogens (primary N) is 1. The highest BCUT2D eigenvalue weighted by Crippen LogP contribution is 2.30. The van der Waals surface area contributed by atoms with Crippen LogP contribution >= 0.6 is 11.6 Å². The first-order valence-corrected chi connectivity index (χ1v) is 4.79. The Kier molecular flexibility index (Phi) is 4.29. The predicted octanol–water partition coefficient (Wildman–Crippen LogP) is 2.66. The van der Waals surface area contributed by atoms with Gasteiger partial charge in [-0.05, 0) is 17.7 Å². The van der Waals surface area contributed by atoms with Crippen molar-refractivity contribution in [3.05, 3.63) is 28.8 Å².